The number of nitrogens with two attached hydrogens (primary N) is 1. The maximum Gasteiger partial charge on any atom is 0.264 e. The van der Waals surface area contributed by atoms with E-state index in [1.807, 2.05) is 44.2 Å². The molecule has 0 spiro atoms. The summed E-state index contributed by atoms with van der Waals surface area (Å²) in [5.74, 6) is -0.986. The van der Waals surface area contributed by atoms with E-state index in [0.717, 1.165) is 5.69 Å². The summed E-state index contributed by atoms with van der Waals surface area (Å²) >= 11 is 0. The zero-order chi connectivity index (χ0) is 13.5. The zero-order valence-corrected chi connectivity index (χ0v) is 10.7. The van der Waals surface area contributed by atoms with Crippen LogP contribution in [0.2, 0.25) is 0 Å². The van der Waals surface area contributed by atoms with Gasteiger partial charge in [-0.3, -0.25) is 14.5 Å². The van der Waals surface area contributed by atoms with Crippen molar-refractivity contribution in [3.63, 3.8) is 0 Å². The normalized spacial score (nSPS) is 18.4. The number of amides is 2. The fraction of sp³-hybridized carbons (Fsp3) is 0.286. The molecule has 0 saturated heterocycles. The molecule has 0 bridgehead atoms. The summed E-state index contributed by atoms with van der Waals surface area (Å²) in [4.78, 5) is 25.4. The van der Waals surface area contributed by atoms with Gasteiger partial charge in [0.15, 0.2) is 0 Å². The number of carbonyl (C=O) groups excluding carboxylic acids is 2. The van der Waals surface area contributed by atoms with Crippen LogP contribution in [0, 0.1) is 0 Å². The van der Waals surface area contributed by atoms with Crippen molar-refractivity contribution in [1.82, 2.24) is 0 Å². The van der Waals surface area contributed by atoms with Crippen LogP contribution in [0.4, 0.5) is 5.69 Å². The molecule has 1 aromatic rings. The van der Waals surface area contributed by atoms with E-state index in [1.165, 1.54) is 0 Å². The molecule has 2 N–H and O–H groups in total. The lowest BCUT2D eigenvalue weighted by Gasteiger charge is -2.33. The summed E-state index contributed by atoms with van der Waals surface area (Å²) in [5, 5.41) is 0. The second kappa shape index (κ2) is 3.98. The maximum atomic E-state index is 12.3. The minimum absolute atomic E-state index is 0.101. The summed E-state index contributed by atoms with van der Waals surface area (Å²) in [7, 11) is 0. The molecular formula is C14H16N2O2. The number of nitrogens with zero attached hydrogens (tertiary/aromatic N) is 1. The van der Waals surface area contributed by atoms with Crippen molar-refractivity contribution >= 4 is 17.5 Å². The van der Waals surface area contributed by atoms with Crippen LogP contribution in [-0.4, -0.2) is 17.4 Å². The molecule has 1 heterocycles. The Bertz CT molecular complexity index is 544. The highest BCUT2D eigenvalue weighted by atomic mass is 16.2. The molecule has 1 aliphatic heterocycles. The monoisotopic (exact) mass is 244 g/mol. The van der Waals surface area contributed by atoms with Crippen molar-refractivity contribution in [3.05, 3.63) is 41.5 Å². The number of benzene rings is 1. The number of para-hydroxylation sites is 1. The van der Waals surface area contributed by atoms with Crippen molar-refractivity contribution < 1.29 is 9.59 Å². The Balaban J connectivity index is 2.55. The lowest BCUT2D eigenvalue weighted by Crippen LogP contribution is -2.43. The van der Waals surface area contributed by atoms with Crippen LogP contribution in [0.3, 0.4) is 0 Å². The lowest BCUT2D eigenvalue weighted by molar-refractivity contribution is -0.120. The largest absolute Gasteiger partial charge is 0.365 e. The molecule has 0 aliphatic carbocycles. The van der Waals surface area contributed by atoms with Gasteiger partial charge in [0, 0.05) is 5.69 Å². The number of hydrogen-bond donors (Lipinski definition) is 1. The Kier molecular flexibility index (Phi) is 2.73. The SMILES string of the molecule is CC1=C(C(N)=O)C(=O)N(c2ccccc2)C1(C)C. The molecule has 18 heavy (non-hydrogen) atoms. The van der Waals surface area contributed by atoms with Crippen LogP contribution in [-0.2, 0) is 9.59 Å². The molecule has 0 fully saturated rings. The first-order chi connectivity index (χ1) is 8.37. The minimum Gasteiger partial charge on any atom is -0.365 e. The second-order valence-electron chi connectivity index (χ2n) is 4.90. The summed E-state index contributed by atoms with van der Waals surface area (Å²) < 4.78 is 0. The van der Waals surface area contributed by atoms with E-state index in [2.05, 4.69) is 0 Å². The van der Waals surface area contributed by atoms with Gasteiger partial charge in [-0.05, 0) is 38.5 Å². The van der Waals surface area contributed by atoms with E-state index in [0.29, 0.717) is 5.57 Å². The summed E-state index contributed by atoms with van der Waals surface area (Å²) in [6.45, 7) is 5.59. The molecule has 2 rings (SSSR count). The molecule has 0 aromatic heterocycles. The van der Waals surface area contributed by atoms with Crippen molar-refractivity contribution in [2.24, 2.45) is 5.73 Å². The van der Waals surface area contributed by atoms with Crippen molar-refractivity contribution in [2.45, 2.75) is 26.3 Å². The third kappa shape index (κ3) is 1.61. The first-order valence-corrected chi connectivity index (χ1v) is 5.78. The van der Waals surface area contributed by atoms with Crippen molar-refractivity contribution in [3.8, 4) is 0 Å². The molecule has 0 unspecified atom stereocenters. The Hall–Kier alpha value is -2.10. The molecule has 4 nitrogen and oxygen atoms in total. The second-order valence-corrected chi connectivity index (χ2v) is 4.90. The molecule has 1 aliphatic rings. The van der Waals surface area contributed by atoms with Gasteiger partial charge in [0.2, 0.25) is 0 Å². The van der Waals surface area contributed by atoms with Crippen LogP contribution in [0.25, 0.3) is 0 Å². The van der Waals surface area contributed by atoms with Crippen molar-refractivity contribution in [2.75, 3.05) is 4.90 Å². The third-order valence-electron chi connectivity index (χ3n) is 3.53. The molecule has 0 saturated carbocycles. The molecular weight excluding hydrogens is 228 g/mol. The Morgan fingerprint density at radius 2 is 1.78 bits per heavy atom. The molecule has 94 valence electrons. The van der Waals surface area contributed by atoms with Crippen LogP contribution >= 0.6 is 0 Å². The van der Waals surface area contributed by atoms with Gasteiger partial charge in [-0.15, -0.1) is 0 Å². The number of carbonyl (C=O) groups is 2. The van der Waals surface area contributed by atoms with Crippen LogP contribution in [0.5, 0.6) is 0 Å². The first kappa shape index (κ1) is 12.4. The quantitative estimate of drug-likeness (QED) is 0.803. The Morgan fingerprint density at radius 1 is 1.22 bits per heavy atom. The number of primary amides is 1. The average molecular weight is 244 g/mol. The van der Waals surface area contributed by atoms with Gasteiger partial charge in [-0.25, -0.2) is 0 Å². The Labute approximate surface area is 106 Å². The first-order valence-electron chi connectivity index (χ1n) is 5.78. The molecule has 0 radical (unpaired) electrons. The number of rotatable bonds is 2. The van der Waals surface area contributed by atoms with Gasteiger partial charge in [0.25, 0.3) is 11.8 Å². The highest BCUT2D eigenvalue weighted by molar-refractivity contribution is 6.26. The fourth-order valence-corrected chi connectivity index (χ4v) is 2.31. The van der Waals surface area contributed by atoms with Crippen LogP contribution < -0.4 is 10.6 Å². The maximum absolute atomic E-state index is 12.3. The van der Waals surface area contributed by atoms with Crippen molar-refractivity contribution in [1.29, 1.82) is 0 Å². The van der Waals surface area contributed by atoms with Crippen LogP contribution in [0.1, 0.15) is 20.8 Å². The van der Waals surface area contributed by atoms with E-state index in [4.69, 9.17) is 5.73 Å². The number of hydrogen-bond acceptors (Lipinski definition) is 2. The van der Waals surface area contributed by atoms with Gasteiger partial charge >= 0.3 is 0 Å². The van der Waals surface area contributed by atoms with Gasteiger partial charge < -0.3 is 5.73 Å². The smallest absolute Gasteiger partial charge is 0.264 e. The third-order valence-corrected chi connectivity index (χ3v) is 3.53. The van der Waals surface area contributed by atoms with Gasteiger partial charge in [-0.1, -0.05) is 18.2 Å². The van der Waals surface area contributed by atoms with Crippen LogP contribution in [0.15, 0.2) is 41.5 Å². The number of anilines is 1. The highest BCUT2D eigenvalue weighted by Gasteiger charge is 2.45. The average Bonchev–Trinajstić information content (AvgIpc) is 2.46. The van der Waals surface area contributed by atoms with E-state index in [1.54, 1.807) is 11.8 Å². The molecule has 2 amide bonds. The summed E-state index contributed by atoms with van der Waals surface area (Å²) in [5.41, 5.74) is 6.34. The standard InChI is InChI=1S/C14H16N2O2/c1-9-11(12(15)17)13(18)16(14(9,2)3)10-7-5-4-6-8-10/h4-8H,1-3H3,(H2,15,17). The van der Waals surface area contributed by atoms with E-state index in [9.17, 15) is 9.59 Å². The predicted molar refractivity (Wildman–Crippen MR) is 69.9 cm³/mol. The van der Waals surface area contributed by atoms with Gasteiger partial charge in [-0.2, -0.15) is 0 Å². The topological polar surface area (TPSA) is 63.4 Å². The van der Waals surface area contributed by atoms with E-state index >= 15 is 0 Å². The van der Waals surface area contributed by atoms with Gasteiger partial charge in [0.05, 0.1) is 5.54 Å². The van der Waals surface area contributed by atoms with E-state index in [-0.39, 0.29) is 11.5 Å². The summed E-state index contributed by atoms with van der Waals surface area (Å²) in [6.07, 6.45) is 0. The van der Waals surface area contributed by atoms with Gasteiger partial charge in [0.1, 0.15) is 5.57 Å². The predicted octanol–water partition coefficient (Wildman–Crippen LogP) is 1.61. The lowest BCUT2D eigenvalue weighted by atomic mass is 9.94. The summed E-state index contributed by atoms with van der Waals surface area (Å²) in [6, 6.07) is 9.28. The fourth-order valence-electron chi connectivity index (χ4n) is 2.31. The highest BCUT2D eigenvalue weighted by Crippen LogP contribution is 2.38. The molecule has 4 heteroatoms. The Morgan fingerprint density at radius 3 is 2.22 bits per heavy atom. The molecule has 1 aromatic carbocycles. The zero-order valence-electron chi connectivity index (χ0n) is 10.7. The van der Waals surface area contributed by atoms with E-state index < -0.39 is 11.4 Å². The minimum atomic E-state index is -0.663. The molecule has 0 atom stereocenters.